The van der Waals surface area contributed by atoms with Gasteiger partial charge in [0.15, 0.2) is 0 Å². The summed E-state index contributed by atoms with van der Waals surface area (Å²) in [7, 11) is 0. The van der Waals surface area contributed by atoms with Crippen molar-refractivity contribution in [2.45, 2.75) is 79.5 Å². The Morgan fingerprint density at radius 2 is 1.32 bits per heavy atom. The molecule has 138 valence electrons. The van der Waals surface area contributed by atoms with E-state index in [0.29, 0.717) is 0 Å². The van der Waals surface area contributed by atoms with Crippen LogP contribution in [-0.2, 0) is 0 Å². The van der Waals surface area contributed by atoms with Crippen LogP contribution < -0.4 is 3.71 Å². The first kappa shape index (κ1) is 20.5. The number of aromatic nitrogens is 2. The third-order valence-electron chi connectivity index (χ3n) is 5.49. The zero-order chi connectivity index (χ0) is 18.1. The second kappa shape index (κ2) is 10.4. The standard InChI is InChI=1S/C10H9N2.3C4H9.Sn/c1-9-3-5-10(6-4-9)12-8-2-7-11-12;3*1-3-4-2;/h2-7H,1H3;3*1,3-4H2,2H3;. The van der Waals surface area contributed by atoms with Crippen LogP contribution in [0.1, 0.15) is 64.9 Å². The Hall–Kier alpha value is -0.771. The van der Waals surface area contributed by atoms with E-state index in [4.69, 9.17) is 5.10 Å². The maximum atomic E-state index is 4.78. The molecule has 0 saturated heterocycles. The average Bonchev–Trinajstić information content (AvgIpc) is 3.12. The van der Waals surface area contributed by atoms with Crippen LogP contribution in [-0.4, -0.2) is 28.2 Å². The second-order valence-corrected chi connectivity index (χ2v) is 20.6. The molecular weight excluding hydrogens is 411 g/mol. The van der Waals surface area contributed by atoms with Gasteiger partial charge in [0.1, 0.15) is 0 Å². The first-order valence-corrected chi connectivity index (χ1v) is 17.8. The van der Waals surface area contributed by atoms with Crippen molar-refractivity contribution in [1.29, 1.82) is 0 Å². The molecule has 2 nitrogen and oxygen atoms in total. The van der Waals surface area contributed by atoms with E-state index in [9.17, 15) is 0 Å². The summed E-state index contributed by atoms with van der Waals surface area (Å²) in [6, 6.07) is 11.3. The summed E-state index contributed by atoms with van der Waals surface area (Å²) in [4.78, 5) is 0. The van der Waals surface area contributed by atoms with E-state index < -0.39 is 18.4 Å². The Labute approximate surface area is 158 Å². The normalized spacial score (nSPS) is 11.8. The van der Waals surface area contributed by atoms with Crippen LogP contribution in [0.5, 0.6) is 0 Å². The van der Waals surface area contributed by atoms with Crippen LogP contribution in [0.3, 0.4) is 0 Å². The van der Waals surface area contributed by atoms with E-state index >= 15 is 0 Å². The van der Waals surface area contributed by atoms with E-state index in [2.05, 4.69) is 62.7 Å². The van der Waals surface area contributed by atoms with E-state index in [1.807, 2.05) is 6.20 Å². The molecule has 0 aliphatic rings. The Kier molecular flexibility index (Phi) is 8.54. The number of unbranched alkanes of at least 4 members (excludes halogenated alkanes) is 3. The SMILES string of the molecule is CCC[CH2][Sn]([CH2]CCC)([CH2]CCC)[c]1ccnn1-c1ccc(C)cc1. The van der Waals surface area contributed by atoms with Gasteiger partial charge in [0.25, 0.3) is 0 Å². The molecule has 1 heterocycles. The summed E-state index contributed by atoms with van der Waals surface area (Å²) >= 11 is -2.44. The molecule has 0 spiro atoms. The fraction of sp³-hybridized carbons (Fsp3) is 0.591. The van der Waals surface area contributed by atoms with Crippen LogP contribution in [0.2, 0.25) is 13.3 Å². The Morgan fingerprint density at radius 3 is 1.80 bits per heavy atom. The topological polar surface area (TPSA) is 17.8 Å². The van der Waals surface area contributed by atoms with Gasteiger partial charge in [-0.2, -0.15) is 0 Å². The van der Waals surface area contributed by atoms with Crippen molar-refractivity contribution in [2.75, 3.05) is 0 Å². The van der Waals surface area contributed by atoms with Gasteiger partial charge in [0.2, 0.25) is 0 Å². The zero-order valence-electron chi connectivity index (χ0n) is 16.7. The molecular formula is C22H36N2Sn. The van der Waals surface area contributed by atoms with Gasteiger partial charge in [-0.1, -0.05) is 0 Å². The molecule has 0 fully saturated rings. The summed E-state index contributed by atoms with van der Waals surface area (Å²) in [5, 5.41) is 4.78. The Bertz CT molecular complexity index is 593. The summed E-state index contributed by atoms with van der Waals surface area (Å²) in [6.07, 6.45) is 10.2. The second-order valence-electron chi connectivity index (χ2n) is 7.55. The van der Waals surface area contributed by atoms with Crippen molar-refractivity contribution in [2.24, 2.45) is 0 Å². The van der Waals surface area contributed by atoms with Crippen LogP contribution in [0.4, 0.5) is 0 Å². The fourth-order valence-electron chi connectivity index (χ4n) is 3.90. The number of hydrogen-bond acceptors (Lipinski definition) is 1. The number of rotatable bonds is 11. The predicted molar refractivity (Wildman–Crippen MR) is 113 cm³/mol. The third-order valence-corrected chi connectivity index (χ3v) is 20.9. The van der Waals surface area contributed by atoms with E-state index in [1.54, 1.807) is 3.71 Å². The minimum atomic E-state index is -2.44. The van der Waals surface area contributed by atoms with Crippen molar-refractivity contribution in [3.05, 3.63) is 42.1 Å². The Morgan fingerprint density at radius 1 is 0.800 bits per heavy atom. The molecule has 0 N–H and O–H groups in total. The number of aryl methyl sites for hydroxylation is 1. The zero-order valence-corrected chi connectivity index (χ0v) is 19.6. The van der Waals surface area contributed by atoms with Gasteiger partial charge in [-0.25, -0.2) is 0 Å². The molecule has 0 aliphatic carbocycles. The van der Waals surface area contributed by atoms with Crippen LogP contribution in [0, 0.1) is 6.92 Å². The molecule has 0 unspecified atom stereocenters. The molecule has 0 atom stereocenters. The van der Waals surface area contributed by atoms with Gasteiger partial charge < -0.3 is 0 Å². The van der Waals surface area contributed by atoms with E-state index in [0.717, 1.165) is 0 Å². The first-order chi connectivity index (χ1) is 12.2. The van der Waals surface area contributed by atoms with Crippen molar-refractivity contribution in [3.63, 3.8) is 0 Å². The number of hydrogen-bond donors (Lipinski definition) is 0. The van der Waals surface area contributed by atoms with Crippen molar-refractivity contribution in [3.8, 4) is 5.69 Å². The quantitative estimate of drug-likeness (QED) is 0.373. The fourth-order valence-corrected chi connectivity index (χ4v) is 20.1. The van der Waals surface area contributed by atoms with Gasteiger partial charge in [-0.05, 0) is 0 Å². The van der Waals surface area contributed by atoms with Gasteiger partial charge in [-0.3, -0.25) is 0 Å². The molecule has 3 heteroatoms. The molecule has 1 aromatic carbocycles. The average molecular weight is 447 g/mol. The van der Waals surface area contributed by atoms with Gasteiger partial charge in [-0.15, -0.1) is 0 Å². The molecule has 0 aliphatic heterocycles. The minimum absolute atomic E-state index is 1.25. The van der Waals surface area contributed by atoms with Crippen molar-refractivity contribution < 1.29 is 0 Å². The van der Waals surface area contributed by atoms with Crippen LogP contribution in [0.15, 0.2) is 36.5 Å². The molecule has 0 saturated carbocycles. The maximum absolute atomic E-state index is 4.78. The molecule has 2 rings (SSSR count). The van der Waals surface area contributed by atoms with E-state index in [-0.39, 0.29) is 0 Å². The third kappa shape index (κ3) is 5.35. The number of nitrogens with zero attached hydrogens (tertiary/aromatic N) is 2. The van der Waals surface area contributed by atoms with Crippen molar-refractivity contribution in [1.82, 2.24) is 9.78 Å². The molecule has 0 radical (unpaired) electrons. The van der Waals surface area contributed by atoms with E-state index in [1.165, 1.54) is 63.1 Å². The van der Waals surface area contributed by atoms with Gasteiger partial charge in [0, 0.05) is 0 Å². The van der Waals surface area contributed by atoms with Gasteiger partial charge >= 0.3 is 159 Å². The first-order valence-electron chi connectivity index (χ1n) is 10.3. The monoisotopic (exact) mass is 448 g/mol. The summed E-state index contributed by atoms with van der Waals surface area (Å²) in [5.74, 6) is 0. The summed E-state index contributed by atoms with van der Waals surface area (Å²) in [5.41, 5.74) is 2.56. The molecule has 1 aromatic heterocycles. The van der Waals surface area contributed by atoms with Crippen LogP contribution in [0.25, 0.3) is 5.69 Å². The van der Waals surface area contributed by atoms with Gasteiger partial charge in [0.05, 0.1) is 0 Å². The summed E-state index contributed by atoms with van der Waals surface area (Å²) in [6.45, 7) is 9.18. The molecule has 25 heavy (non-hydrogen) atoms. The predicted octanol–water partition coefficient (Wildman–Crippen LogP) is 6.24. The van der Waals surface area contributed by atoms with Crippen LogP contribution >= 0.6 is 0 Å². The van der Waals surface area contributed by atoms with Crippen molar-refractivity contribution >= 4 is 22.1 Å². The molecule has 2 aromatic rings. The summed E-state index contributed by atoms with van der Waals surface area (Å²) < 4.78 is 8.40. The Balaban J connectivity index is 2.44. The molecule has 0 amide bonds. The number of benzene rings is 1. The molecule has 0 bridgehead atoms.